The Labute approximate surface area is 198 Å². The Balaban J connectivity index is 1.26. The van der Waals surface area contributed by atoms with Crippen LogP contribution in [0, 0.1) is 0 Å². The molecule has 1 aliphatic heterocycles. The number of hydrogen-bond donors (Lipinski definition) is 2. The largest absolute Gasteiger partial charge is 0.435 e. The average molecular weight is 486 g/mol. The lowest BCUT2D eigenvalue weighted by Crippen LogP contribution is -2.37. The van der Waals surface area contributed by atoms with Crippen molar-refractivity contribution in [2.45, 2.75) is 19.5 Å². The third-order valence-electron chi connectivity index (χ3n) is 5.23. The minimum atomic E-state index is -2.92. The molecule has 7 nitrogen and oxygen atoms in total. The van der Waals surface area contributed by atoms with Crippen LogP contribution in [0.3, 0.4) is 0 Å². The number of carbonyl (C=O) groups excluding carboxylic acids is 3. The number of rotatable bonds is 9. The van der Waals surface area contributed by atoms with E-state index in [0.29, 0.717) is 12.0 Å². The van der Waals surface area contributed by atoms with Crippen LogP contribution in [0.25, 0.3) is 17.0 Å². The van der Waals surface area contributed by atoms with Crippen molar-refractivity contribution in [2.24, 2.45) is 0 Å². The van der Waals surface area contributed by atoms with E-state index in [-0.39, 0.29) is 36.1 Å². The number of ether oxygens (including phenoxy) is 1. The molecule has 1 aromatic heterocycles. The second kappa shape index (κ2) is 10.5. The van der Waals surface area contributed by atoms with Crippen LogP contribution < -0.4 is 10.1 Å². The third kappa shape index (κ3) is 5.63. The summed E-state index contributed by atoms with van der Waals surface area (Å²) in [6.45, 7) is -2.71. The van der Waals surface area contributed by atoms with Crippen LogP contribution >= 0.6 is 11.8 Å². The van der Waals surface area contributed by atoms with Gasteiger partial charge < -0.3 is 15.0 Å². The van der Waals surface area contributed by atoms with Crippen LogP contribution in [0.5, 0.6) is 5.75 Å². The van der Waals surface area contributed by atoms with Crippen molar-refractivity contribution in [3.8, 4) is 5.75 Å². The highest BCUT2D eigenvalue weighted by Crippen LogP contribution is 2.32. The fraction of sp³-hybridized carbons (Fsp3) is 0.208. The SMILES string of the molecule is O=C(CCc1c[nH]c2ccccc12)NCCN1C(=O)S/C(=C\c2ccc(OC(F)F)cc2)C1=O. The lowest BCUT2D eigenvalue weighted by molar-refractivity contribution is -0.124. The molecule has 0 radical (unpaired) electrons. The van der Waals surface area contributed by atoms with Crippen molar-refractivity contribution >= 4 is 45.8 Å². The number of benzene rings is 2. The van der Waals surface area contributed by atoms with Crippen molar-refractivity contribution in [3.05, 3.63) is 70.8 Å². The molecule has 34 heavy (non-hydrogen) atoms. The summed E-state index contributed by atoms with van der Waals surface area (Å²) in [7, 11) is 0. The fourth-order valence-corrected chi connectivity index (χ4v) is 4.44. The van der Waals surface area contributed by atoms with E-state index in [0.717, 1.165) is 33.1 Å². The number of halogens is 2. The number of thioether (sulfide) groups is 1. The Morgan fingerprint density at radius 3 is 2.68 bits per heavy atom. The van der Waals surface area contributed by atoms with Crippen LogP contribution in [0.4, 0.5) is 13.6 Å². The summed E-state index contributed by atoms with van der Waals surface area (Å²) in [6, 6.07) is 13.6. The quantitative estimate of drug-likeness (QED) is 0.434. The lowest BCUT2D eigenvalue weighted by atomic mass is 10.1. The highest BCUT2D eigenvalue weighted by atomic mass is 32.2. The minimum absolute atomic E-state index is 0.000639. The van der Waals surface area contributed by atoms with Gasteiger partial charge in [-0.25, -0.2) is 0 Å². The van der Waals surface area contributed by atoms with Crippen molar-refractivity contribution in [1.29, 1.82) is 0 Å². The predicted molar refractivity (Wildman–Crippen MR) is 125 cm³/mol. The molecule has 0 aliphatic carbocycles. The highest BCUT2D eigenvalue weighted by molar-refractivity contribution is 8.18. The van der Waals surface area contributed by atoms with Gasteiger partial charge in [-0.2, -0.15) is 8.78 Å². The molecule has 0 bridgehead atoms. The summed E-state index contributed by atoms with van der Waals surface area (Å²) in [6.07, 6.45) is 4.26. The summed E-state index contributed by atoms with van der Waals surface area (Å²) >= 11 is 0.791. The van der Waals surface area contributed by atoms with Crippen LogP contribution in [-0.4, -0.2) is 46.6 Å². The molecule has 1 saturated heterocycles. The van der Waals surface area contributed by atoms with Crippen molar-refractivity contribution in [1.82, 2.24) is 15.2 Å². The van der Waals surface area contributed by atoms with Gasteiger partial charge >= 0.3 is 6.61 Å². The van der Waals surface area contributed by atoms with Crippen LogP contribution in [0.1, 0.15) is 17.5 Å². The van der Waals surface area contributed by atoms with E-state index in [4.69, 9.17) is 0 Å². The molecular weight excluding hydrogens is 464 g/mol. The van der Waals surface area contributed by atoms with Gasteiger partial charge in [0.15, 0.2) is 0 Å². The van der Waals surface area contributed by atoms with E-state index >= 15 is 0 Å². The van der Waals surface area contributed by atoms with Gasteiger partial charge in [-0.15, -0.1) is 0 Å². The molecule has 0 spiro atoms. The standard InChI is InChI=1S/C24H21F2N3O4S/c25-23(26)33-17-8-5-15(6-9-17)13-20-22(31)29(24(32)34-20)12-11-27-21(30)10-7-16-14-28-19-4-2-1-3-18(16)19/h1-6,8-9,13-14,23,28H,7,10-12H2,(H,27,30)/b20-13-. The number of amides is 3. The third-order valence-corrected chi connectivity index (χ3v) is 6.14. The smallest absolute Gasteiger partial charge is 0.387 e. The number of hydrogen-bond acceptors (Lipinski definition) is 5. The van der Waals surface area contributed by atoms with E-state index in [1.54, 1.807) is 0 Å². The molecule has 1 fully saturated rings. The summed E-state index contributed by atoms with van der Waals surface area (Å²) in [5.74, 6) is -0.629. The Morgan fingerprint density at radius 1 is 1.15 bits per heavy atom. The maximum atomic E-state index is 12.6. The van der Waals surface area contributed by atoms with E-state index < -0.39 is 17.8 Å². The van der Waals surface area contributed by atoms with Crippen molar-refractivity contribution in [3.63, 3.8) is 0 Å². The number of alkyl halides is 2. The Morgan fingerprint density at radius 2 is 1.91 bits per heavy atom. The number of aromatic nitrogens is 1. The number of aromatic amines is 1. The molecule has 4 rings (SSSR count). The second-order valence-corrected chi connectivity index (χ2v) is 8.48. The van der Waals surface area contributed by atoms with E-state index in [9.17, 15) is 23.2 Å². The Bertz CT molecular complexity index is 1240. The number of fused-ring (bicyclic) bond motifs is 1. The first-order valence-corrected chi connectivity index (χ1v) is 11.3. The first-order chi connectivity index (χ1) is 16.4. The normalized spacial score (nSPS) is 15.0. The van der Waals surface area contributed by atoms with Gasteiger partial charge in [0.1, 0.15) is 5.75 Å². The molecule has 2 heterocycles. The van der Waals surface area contributed by atoms with E-state index in [1.165, 1.54) is 30.3 Å². The van der Waals surface area contributed by atoms with Gasteiger partial charge in [-0.3, -0.25) is 19.3 Å². The number of nitrogens with zero attached hydrogens (tertiary/aromatic N) is 1. The molecule has 10 heteroatoms. The average Bonchev–Trinajstić information content (AvgIpc) is 3.34. The van der Waals surface area contributed by atoms with Crippen molar-refractivity contribution in [2.75, 3.05) is 13.1 Å². The van der Waals surface area contributed by atoms with Gasteiger partial charge in [0, 0.05) is 36.6 Å². The molecule has 2 N–H and O–H groups in total. The van der Waals surface area contributed by atoms with Gasteiger partial charge in [0.25, 0.3) is 11.1 Å². The summed E-state index contributed by atoms with van der Waals surface area (Å²) in [5.41, 5.74) is 2.64. The number of imide groups is 1. The molecule has 0 saturated carbocycles. The van der Waals surface area contributed by atoms with Gasteiger partial charge in [-0.05, 0) is 53.6 Å². The predicted octanol–water partition coefficient (Wildman–Crippen LogP) is 4.55. The zero-order chi connectivity index (χ0) is 24.1. The van der Waals surface area contributed by atoms with Crippen LogP contribution in [0.15, 0.2) is 59.6 Å². The number of carbonyl (C=O) groups is 3. The van der Waals surface area contributed by atoms with E-state index in [1.807, 2.05) is 30.5 Å². The van der Waals surface area contributed by atoms with Gasteiger partial charge in [0.05, 0.1) is 4.91 Å². The fourth-order valence-electron chi connectivity index (χ4n) is 3.57. The topological polar surface area (TPSA) is 91.5 Å². The minimum Gasteiger partial charge on any atom is -0.435 e. The molecule has 3 amide bonds. The first-order valence-electron chi connectivity index (χ1n) is 10.5. The zero-order valence-electron chi connectivity index (χ0n) is 17.9. The summed E-state index contributed by atoms with van der Waals surface area (Å²) < 4.78 is 28.8. The molecule has 0 unspecified atom stereocenters. The van der Waals surface area contributed by atoms with Gasteiger partial charge in [-0.1, -0.05) is 30.3 Å². The first kappa shape index (κ1) is 23.5. The van der Waals surface area contributed by atoms with E-state index in [2.05, 4.69) is 15.0 Å². The molecular formula is C24H21F2N3O4S. The van der Waals surface area contributed by atoms with Crippen LogP contribution in [-0.2, 0) is 16.0 Å². The summed E-state index contributed by atoms with van der Waals surface area (Å²) in [4.78, 5) is 41.5. The number of H-pyrrole nitrogens is 1. The number of para-hydroxylation sites is 1. The molecule has 176 valence electrons. The van der Waals surface area contributed by atoms with Crippen LogP contribution in [0.2, 0.25) is 0 Å². The Kier molecular flexibility index (Phi) is 7.27. The number of aryl methyl sites for hydroxylation is 1. The lowest BCUT2D eigenvalue weighted by Gasteiger charge is -2.13. The second-order valence-electron chi connectivity index (χ2n) is 7.49. The van der Waals surface area contributed by atoms with Gasteiger partial charge in [0.2, 0.25) is 5.91 Å². The molecule has 1 aliphatic rings. The molecule has 3 aromatic rings. The summed E-state index contributed by atoms with van der Waals surface area (Å²) in [5, 5.41) is 3.40. The maximum Gasteiger partial charge on any atom is 0.387 e. The Hall–Kier alpha value is -3.66. The monoisotopic (exact) mass is 485 g/mol. The number of nitrogens with one attached hydrogen (secondary N) is 2. The maximum absolute atomic E-state index is 12.6. The molecule has 2 aromatic carbocycles. The highest BCUT2D eigenvalue weighted by Gasteiger charge is 2.34. The molecule has 0 atom stereocenters. The zero-order valence-corrected chi connectivity index (χ0v) is 18.7. The van der Waals surface area contributed by atoms with Crippen molar-refractivity contribution < 1.29 is 27.9 Å².